The van der Waals surface area contributed by atoms with Gasteiger partial charge >= 0.3 is 0 Å². The molecule has 0 aliphatic rings. The van der Waals surface area contributed by atoms with Crippen LogP contribution < -0.4 is 5.32 Å². The lowest BCUT2D eigenvalue weighted by molar-refractivity contribution is 0.861. The molecule has 0 unspecified atom stereocenters. The third kappa shape index (κ3) is 2.92. The summed E-state index contributed by atoms with van der Waals surface area (Å²) >= 11 is 3.59. The van der Waals surface area contributed by atoms with E-state index >= 15 is 0 Å². The topological polar surface area (TPSA) is 24.9 Å². The molecule has 19 heavy (non-hydrogen) atoms. The fourth-order valence-corrected chi connectivity index (χ4v) is 2.88. The minimum Gasteiger partial charge on any atom is -0.370 e. The van der Waals surface area contributed by atoms with Gasteiger partial charge in [-0.15, -0.1) is 0 Å². The van der Waals surface area contributed by atoms with Crippen LogP contribution in [-0.4, -0.2) is 11.5 Å². The molecule has 0 radical (unpaired) electrons. The maximum atomic E-state index is 4.87. The predicted molar refractivity (Wildman–Crippen MR) is 87.1 cm³/mol. The van der Waals surface area contributed by atoms with Gasteiger partial charge in [-0.1, -0.05) is 36.7 Å². The average Bonchev–Trinajstić information content (AvgIpc) is 2.37. The van der Waals surface area contributed by atoms with Crippen LogP contribution in [-0.2, 0) is 6.42 Å². The van der Waals surface area contributed by atoms with E-state index < -0.39 is 0 Å². The van der Waals surface area contributed by atoms with Gasteiger partial charge in [0.05, 0.1) is 5.52 Å². The largest absolute Gasteiger partial charge is 0.370 e. The SMILES string of the molecule is CCNc1nc2c(CC)cc(Br)cc2cc1C(C)C. The van der Waals surface area contributed by atoms with Gasteiger partial charge in [0.2, 0.25) is 0 Å². The number of aromatic nitrogens is 1. The Hall–Kier alpha value is -1.09. The molecular formula is C16H21BrN2. The summed E-state index contributed by atoms with van der Waals surface area (Å²) in [5.41, 5.74) is 3.69. The van der Waals surface area contributed by atoms with Gasteiger partial charge in [0.15, 0.2) is 0 Å². The van der Waals surface area contributed by atoms with Crippen LogP contribution in [0.1, 0.15) is 44.7 Å². The minimum absolute atomic E-state index is 0.468. The van der Waals surface area contributed by atoms with Crippen LogP contribution in [0.2, 0.25) is 0 Å². The Kier molecular flexibility index (Phi) is 4.46. The standard InChI is InChI=1S/C16H21BrN2/c1-5-11-7-13(17)8-12-9-14(10(3)4)16(18-6-2)19-15(11)12/h7-10H,5-6H2,1-4H3,(H,18,19). The summed E-state index contributed by atoms with van der Waals surface area (Å²) < 4.78 is 1.13. The van der Waals surface area contributed by atoms with Gasteiger partial charge in [-0.25, -0.2) is 4.98 Å². The predicted octanol–water partition coefficient (Wildman–Crippen LogP) is 5.11. The van der Waals surface area contributed by atoms with E-state index in [1.54, 1.807) is 0 Å². The van der Waals surface area contributed by atoms with Crippen molar-refractivity contribution in [2.24, 2.45) is 0 Å². The molecule has 2 rings (SSSR count). The van der Waals surface area contributed by atoms with Crippen molar-refractivity contribution in [1.82, 2.24) is 4.98 Å². The van der Waals surface area contributed by atoms with E-state index in [4.69, 9.17) is 4.98 Å². The number of benzene rings is 1. The molecule has 1 heterocycles. The second-order valence-electron chi connectivity index (χ2n) is 5.10. The van der Waals surface area contributed by atoms with Crippen molar-refractivity contribution in [3.05, 3.63) is 33.8 Å². The normalized spacial score (nSPS) is 11.3. The molecule has 2 aromatic rings. The zero-order chi connectivity index (χ0) is 14.0. The van der Waals surface area contributed by atoms with Crippen LogP contribution >= 0.6 is 15.9 Å². The molecule has 102 valence electrons. The first kappa shape index (κ1) is 14.3. The fraction of sp³-hybridized carbons (Fsp3) is 0.438. The van der Waals surface area contributed by atoms with Crippen molar-refractivity contribution in [2.45, 2.75) is 40.0 Å². The number of rotatable bonds is 4. The minimum atomic E-state index is 0.468. The number of nitrogens with one attached hydrogen (secondary N) is 1. The number of anilines is 1. The van der Waals surface area contributed by atoms with E-state index in [-0.39, 0.29) is 0 Å². The quantitative estimate of drug-likeness (QED) is 0.846. The third-order valence-electron chi connectivity index (χ3n) is 3.34. The van der Waals surface area contributed by atoms with Crippen LogP contribution in [0.15, 0.2) is 22.7 Å². The van der Waals surface area contributed by atoms with Crippen LogP contribution in [0.3, 0.4) is 0 Å². The Morgan fingerprint density at radius 1 is 1.21 bits per heavy atom. The summed E-state index contributed by atoms with van der Waals surface area (Å²) in [5.74, 6) is 1.50. The number of hydrogen-bond donors (Lipinski definition) is 1. The Bertz CT molecular complexity index is 591. The maximum absolute atomic E-state index is 4.87. The number of hydrogen-bond acceptors (Lipinski definition) is 2. The highest BCUT2D eigenvalue weighted by Gasteiger charge is 2.12. The highest BCUT2D eigenvalue weighted by atomic mass is 79.9. The second kappa shape index (κ2) is 5.91. The number of fused-ring (bicyclic) bond motifs is 1. The zero-order valence-electron chi connectivity index (χ0n) is 12.0. The zero-order valence-corrected chi connectivity index (χ0v) is 13.6. The summed E-state index contributed by atoms with van der Waals surface area (Å²) in [6.07, 6.45) is 0.996. The smallest absolute Gasteiger partial charge is 0.130 e. The van der Waals surface area contributed by atoms with Crippen molar-refractivity contribution in [1.29, 1.82) is 0 Å². The Labute approximate surface area is 123 Å². The molecule has 0 aliphatic carbocycles. The number of nitrogens with zero attached hydrogens (tertiary/aromatic N) is 1. The average molecular weight is 321 g/mol. The summed E-state index contributed by atoms with van der Waals surface area (Å²) in [6, 6.07) is 6.60. The first-order valence-electron chi connectivity index (χ1n) is 6.93. The molecular weight excluding hydrogens is 300 g/mol. The summed E-state index contributed by atoms with van der Waals surface area (Å²) in [7, 11) is 0. The molecule has 3 heteroatoms. The van der Waals surface area contributed by atoms with Gasteiger partial charge in [0.25, 0.3) is 0 Å². The molecule has 0 saturated carbocycles. The molecule has 0 bridgehead atoms. The van der Waals surface area contributed by atoms with Crippen LogP contribution in [0, 0.1) is 0 Å². The van der Waals surface area contributed by atoms with Crippen molar-refractivity contribution in [2.75, 3.05) is 11.9 Å². The summed E-state index contributed by atoms with van der Waals surface area (Å²) in [5, 5.41) is 4.61. The van der Waals surface area contributed by atoms with E-state index in [1.807, 2.05) is 0 Å². The fourth-order valence-electron chi connectivity index (χ4n) is 2.36. The van der Waals surface area contributed by atoms with Gasteiger partial charge < -0.3 is 5.32 Å². The third-order valence-corrected chi connectivity index (χ3v) is 3.80. The summed E-state index contributed by atoms with van der Waals surface area (Å²) in [6.45, 7) is 9.60. The lowest BCUT2D eigenvalue weighted by Crippen LogP contribution is -2.05. The van der Waals surface area contributed by atoms with Gasteiger partial charge in [-0.05, 0) is 48.6 Å². The van der Waals surface area contributed by atoms with Gasteiger partial charge in [0, 0.05) is 16.4 Å². The molecule has 0 amide bonds. The molecule has 0 aliphatic heterocycles. The molecule has 0 atom stereocenters. The molecule has 0 fully saturated rings. The highest BCUT2D eigenvalue weighted by molar-refractivity contribution is 9.10. The van der Waals surface area contributed by atoms with Crippen LogP contribution in [0.25, 0.3) is 10.9 Å². The van der Waals surface area contributed by atoms with Crippen molar-refractivity contribution in [3.63, 3.8) is 0 Å². The maximum Gasteiger partial charge on any atom is 0.130 e. The second-order valence-corrected chi connectivity index (χ2v) is 6.02. The molecule has 1 N–H and O–H groups in total. The lowest BCUT2D eigenvalue weighted by Gasteiger charge is -2.16. The van der Waals surface area contributed by atoms with E-state index in [1.165, 1.54) is 16.5 Å². The van der Waals surface area contributed by atoms with Gasteiger partial charge in [0.1, 0.15) is 5.82 Å². The van der Waals surface area contributed by atoms with Crippen LogP contribution in [0.4, 0.5) is 5.82 Å². The monoisotopic (exact) mass is 320 g/mol. The molecule has 0 spiro atoms. The Morgan fingerprint density at radius 3 is 2.53 bits per heavy atom. The molecule has 0 saturated heterocycles. The van der Waals surface area contributed by atoms with Crippen molar-refractivity contribution >= 4 is 32.7 Å². The first-order chi connectivity index (χ1) is 9.06. The molecule has 1 aromatic heterocycles. The lowest BCUT2D eigenvalue weighted by atomic mass is 9.99. The molecule has 1 aromatic carbocycles. The van der Waals surface area contributed by atoms with Gasteiger partial charge in [-0.2, -0.15) is 0 Å². The van der Waals surface area contributed by atoms with E-state index in [9.17, 15) is 0 Å². The number of aryl methyl sites for hydroxylation is 1. The van der Waals surface area contributed by atoms with E-state index in [0.717, 1.165) is 28.8 Å². The van der Waals surface area contributed by atoms with Crippen LogP contribution in [0.5, 0.6) is 0 Å². The van der Waals surface area contributed by atoms with E-state index in [0.29, 0.717) is 5.92 Å². The van der Waals surface area contributed by atoms with E-state index in [2.05, 4.69) is 67.1 Å². The molecule has 2 nitrogen and oxygen atoms in total. The van der Waals surface area contributed by atoms with Crippen molar-refractivity contribution in [3.8, 4) is 0 Å². The number of halogens is 1. The Morgan fingerprint density at radius 2 is 1.95 bits per heavy atom. The highest BCUT2D eigenvalue weighted by Crippen LogP contribution is 2.30. The first-order valence-corrected chi connectivity index (χ1v) is 7.73. The Balaban J connectivity index is 2.73. The van der Waals surface area contributed by atoms with Gasteiger partial charge in [-0.3, -0.25) is 0 Å². The summed E-state index contributed by atoms with van der Waals surface area (Å²) in [4.78, 5) is 4.87. The number of pyridine rings is 1. The van der Waals surface area contributed by atoms with Crippen molar-refractivity contribution < 1.29 is 0 Å².